The topological polar surface area (TPSA) is 73.9 Å². The molecule has 2 aromatic carbocycles. The number of fused-ring (bicyclic) bond motifs is 3. The summed E-state index contributed by atoms with van der Waals surface area (Å²) >= 11 is 0. The van der Waals surface area contributed by atoms with Gasteiger partial charge in [0.1, 0.15) is 11.8 Å². The molecule has 0 fully saturated rings. The molecule has 0 bridgehead atoms. The Hall–Kier alpha value is -3.41. The highest BCUT2D eigenvalue weighted by Crippen LogP contribution is 2.41. The van der Waals surface area contributed by atoms with Gasteiger partial charge in [0.05, 0.1) is 37.6 Å². The van der Waals surface area contributed by atoms with Gasteiger partial charge in [0, 0.05) is 11.1 Å². The standard InChI is InChI=1S/C22H20N2O4/c1-13-20-16-10-9-15(26-2)11-17(16)21(14-7-5-4-6-8-14)23-18(12-19(25)27-3)22(20)28-24-13/h4-11,18H,12H2,1-3H3/t18-/m0/s1. The summed E-state index contributed by atoms with van der Waals surface area (Å²) in [6, 6.07) is 15.2. The summed E-state index contributed by atoms with van der Waals surface area (Å²) in [7, 11) is 3.00. The monoisotopic (exact) mass is 376 g/mol. The summed E-state index contributed by atoms with van der Waals surface area (Å²) in [6.07, 6.45) is 0.0690. The van der Waals surface area contributed by atoms with Gasteiger partial charge in [-0.25, -0.2) is 0 Å². The molecule has 2 heterocycles. The summed E-state index contributed by atoms with van der Waals surface area (Å²) in [5, 5.41) is 4.13. The second-order valence-corrected chi connectivity index (χ2v) is 6.56. The van der Waals surface area contributed by atoms with Gasteiger partial charge in [0.25, 0.3) is 0 Å². The fraction of sp³-hybridized carbons (Fsp3) is 0.227. The molecule has 0 unspecified atom stereocenters. The van der Waals surface area contributed by atoms with Crippen LogP contribution in [0.3, 0.4) is 0 Å². The first-order chi connectivity index (χ1) is 13.6. The maximum atomic E-state index is 12.1. The molecule has 1 aliphatic heterocycles. The largest absolute Gasteiger partial charge is 0.497 e. The van der Waals surface area contributed by atoms with Crippen LogP contribution in [0.25, 0.3) is 11.1 Å². The smallest absolute Gasteiger partial charge is 0.308 e. The number of methoxy groups -OCH3 is 2. The fourth-order valence-electron chi connectivity index (χ4n) is 3.50. The number of hydrogen-bond donors (Lipinski definition) is 0. The van der Waals surface area contributed by atoms with E-state index in [0.29, 0.717) is 5.76 Å². The summed E-state index contributed by atoms with van der Waals surface area (Å²) in [4.78, 5) is 17.0. The summed E-state index contributed by atoms with van der Waals surface area (Å²) in [5.41, 5.74) is 5.19. The molecule has 0 saturated carbocycles. The molecule has 6 nitrogen and oxygen atoms in total. The number of rotatable bonds is 4. The van der Waals surface area contributed by atoms with Crippen LogP contribution in [0.1, 0.15) is 35.0 Å². The number of hydrogen-bond acceptors (Lipinski definition) is 6. The van der Waals surface area contributed by atoms with Gasteiger partial charge in [-0.1, -0.05) is 35.5 Å². The quantitative estimate of drug-likeness (QED) is 0.641. The van der Waals surface area contributed by atoms with E-state index in [0.717, 1.165) is 39.4 Å². The number of ether oxygens (including phenoxy) is 2. The normalized spacial score (nSPS) is 15.1. The summed E-state index contributed by atoms with van der Waals surface area (Å²) in [6.45, 7) is 1.89. The highest BCUT2D eigenvalue weighted by Gasteiger charge is 2.32. The van der Waals surface area contributed by atoms with Gasteiger partial charge in [-0.2, -0.15) is 0 Å². The number of aryl methyl sites for hydroxylation is 1. The van der Waals surface area contributed by atoms with Crippen LogP contribution in [0, 0.1) is 6.92 Å². The van der Waals surface area contributed by atoms with E-state index >= 15 is 0 Å². The fourth-order valence-corrected chi connectivity index (χ4v) is 3.50. The van der Waals surface area contributed by atoms with Gasteiger partial charge < -0.3 is 14.0 Å². The van der Waals surface area contributed by atoms with Crippen LogP contribution >= 0.6 is 0 Å². The van der Waals surface area contributed by atoms with Gasteiger partial charge in [0.2, 0.25) is 0 Å². The minimum absolute atomic E-state index is 0.0690. The molecule has 0 saturated heterocycles. The summed E-state index contributed by atoms with van der Waals surface area (Å²) in [5.74, 6) is 0.939. The van der Waals surface area contributed by atoms with Crippen molar-refractivity contribution in [2.24, 2.45) is 4.99 Å². The number of aliphatic imine (C=N–C) groups is 1. The molecule has 0 spiro atoms. The van der Waals surface area contributed by atoms with Crippen LogP contribution in [0.2, 0.25) is 0 Å². The molecular weight excluding hydrogens is 356 g/mol. The van der Waals surface area contributed by atoms with Gasteiger partial charge in [-0.3, -0.25) is 9.79 Å². The van der Waals surface area contributed by atoms with Gasteiger partial charge in [-0.05, 0) is 30.7 Å². The predicted octanol–water partition coefficient (Wildman–Crippen LogP) is 4.11. The molecule has 1 aliphatic rings. The summed E-state index contributed by atoms with van der Waals surface area (Å²) < 4.78 is 16.0. The lowest BCUT2D eigenvalue weighted by molar-refractivity contribution is -0.141. The van der Waals surface area contributed by atoms with E-state index in [1.807, 2.05) is 55.5 Å². The number of carbonyl (C=O) groups is 1. The lowest BCUT2D eigenvalue weighted by atomic mass is 9.92. The molecule has 0 amide bonds. The van der Waals surface area contributed by atoms with Crippen LogP contribution in [-0.2, 0) is 9.53 Å². The van der Waals surface area contributed by atoms with Crippen molar-refractivity contribution >= 4 is 11.7 Å². The zero-order chi connectivity index (χ0) is 19.7. The Morgan fingerprint density at radius 2 is 1.89 bits per heavy atom. The first-order valence-electron chi connectivity index (χ1n) is 8.97. The second-order valence-electron chi connectivity index (χ2n) is 6.56. The van der Waals surface area contributed by atoms with Crippen LogP contribution in [0.4, 0.5) is 0 Å². The van der Waals surface area contributed by atoms with E-state index < -0.39 is 6.04 Å². The van der Waals surface area contributed by atoms with Crippen molar-refractivity contribution in [3.63, 3.8) is 0 Å². The molecule has 142 valence electrons. The Morgan fingerprint density at radius 1 is 1.11 bits per heavy atom. The number of nitrogens with zero attached hydrogens (tertiary/aromatic N) is 2. The predicted molar refractivity (Wildman–Crippen MR) is 105 cm³/mol. The van der Waals surface area contributed by atoms with E-state index in [4.69, 9.17) is 19.0 Å². The van der Waals surface area contributed by atoms with E-state index in [-0.39, 0.29) is 12.4 Å². The first-order valence-corrected chi connectivity index (χ1v) is 8.97. The van der Waals surface area contributed by atoms with E-state index in [1.165, 1.54) is 7.11 Å². The Balaban J connectivity index is 2.00. The van der Waals surface area contributed by atoms with Crippen molar-refractivity contribution in [3.05, 3.63) is 71.1 Å². The zero-order valence-corrected chi connectivity index (χ0v) is 15.9. The number of carbonyl (C=O) groups excluding carboxylic acids is 1. The Morgan fingerprint density at radius 3 is 2.61 bits per heavy atom. The van der Waals surface area contributed by atoms with Crippen LogP contribution < -0.4 is 4.74 Å². The molecule has 1 aromatic heterocycles. The maximum Gasteiger partial charge on any atom is 0.308 e. The van der Waals surface area contributed by atoms with Crippen molar-refractivity contribution in [2.75, 3.05) is 14.2 Å². The lowest BCUT2D eigenvalue weighted by Crippen LogP contribution is -2.10. The molecule has 0 N–H and O–H groups in total. The number of esters is 1. The SMILES string of the molecule is COC(=O)C[C@@H]1N=C(c2ccccc2)c2cc(OC)ccc2-c2c(C)noc21. The van der Waals surface area contributed by atoms with E-state index in [1.54, 1.807) is 7.11 Å². The third-order valence-corrected chi connectivity index (χ3v) is 4.86. The molecule has 4 rings (SSSR count). The molecule has 28 heavy (non-hydrogen) atoms. The van der Waals surface area contributed by atoms with Crippen molar-refractivity contribution < 1.29 is 18.8 Å². The molecular formula is C22H20N2O4. The molecule has 0 aliphatic carbocycles. The zero-order valence-electron chi connectivity index (χ0n) is 15.9. The first kappa shape index (κ1) is 18.0. The average Bonchev–Trinajstić information content (AvgIpc) is 3.05. The maximum absolute atomic E-state index is 12.1. The average molecular weight is 376 g/mol. The van der Waals surface area contributed by atoms with Crippen molar-refractivity contribution in [2.45, 2.75) is 19.4 Å². The third kappa shape index (κ3) is 3.07. The third-order valence-electron chi connectivity index (χ3n) is 4.86. The second kappa shape index (κ2) is 7.31. The van der Waals surface area contributed by atoms with E-state index in [9.17, 15) is 4.79 Å². The number of aromatic nitrogens is 1. The minimum Gasteiger partial charge on any atom is -0.497 e. The molecule has 3 aromatic rings. The minimum atomic E-state index is -0.530. The molecule has 0 radical (unpaired) electrons. The van der Waals surface area contributed by atoms with Crippen molar-refractivity contribution in [3.8, 4) is 16.9 Å². The van der Waals surface area contributed by atoms with E-state index in [2.05, 4.69) is 5.16 Å². The van der Waals surface area contributed by atoms with Crippen LogP contribution in [0.5, 0.6) is 5.75 Å². The number of benzene rings is 2. The molecule has 1 atom stereocenters. The van der Waals surface area contributed by atoms with Crippen molar-refractivity contribution in [1.82, 2.24) is 5.16 Å². The Labute approximate surface area is 162 Å². The Kier molecular flexibility index (Phi) is 4.69. The van der Waals surface area contributed by atoms with Gasteiger partial charge in [0.15, 0.2) is 5.76 Å². The highest BCUT2D eigenvalue weighted by atomic mass is 16.5. The van der Waals surface area contributed by atoms with Gasteiger partial charge in [-0.15, -0.1) is 0 Å². The molecule has 6 heteroatoms. The lowest BCUT2D eigenvalue weighted by Gasteiger charge is -2.13. The Bertz CT molecular complexity index is 1050. The van der Waals surface area contributed by atoms with Gasteiger partial charge >= 0.3 is 5.97 Å². The van der Waals surface area contributed by atoms with Crippen molar-refractivity contribution in [1.29, 1.82) is 0 Å². The van der Waals surface area contributed by atoms with Crippen LogP contribution in [0.15, 0.2) is 58.0 Å². The highest BCUT2D eigenvalue weighted by molar-refractivity contribution is 6.17. The van der Waals surface area contributed by atoms with Crippen LogP contribution in [-0.4, -0.2) is 31.1 Å².